The number of rotatable bonds is 6. The number of ketones is 1. The monoisotopic (exact) mass is 324 g/mol. The first-order chi connectivity index (χ1) is 11.5. The minimum absolute atomic E-state index is 0.0701. The van der Waals surface area contributed by atoms with E-state index in [1.807, 2.05) is 0 Å². The molecule has 0 aliphatic carbocycles. The third-order valence-electron chi connectivity index (χ3n) is 3.05. The largest absolute Gasteiger partial charge is 0.497 e. The molecule has 24 heavy (non-hydrogen) atoms. The first kappa shape index (κ1) is 16.6. The van der Waals surface area contributed by atoms with Gasteiger partial charge in [-0.15, -0.1) is 0 Å². The van der Waals surface area contributed by atoms with Crippen molar-refractivity contribution in [3.05, 3.63) is 64.2 Å². The maximum absolute atomic E-state index is 12.2. The summed E-state index contributed by atoms with van der Waals surface area (Å²) in [5.74, 6) is 0.0422. The second-order valence-electron chi connectivity index (χ2n) is 4.55. The number of anilines is 1. The molecule has 0 heterocycles. The molecule has 0 aliphatic heterocycles. The number of methoxy groups -OCH3 is 1. The van der Waals surface area contributed by atoms with Gasteiger partial charge in [-0.2, -0.15) is 10.4 Å². The zero-order valence-corrected chi connectivity index (χ0v) is 12.6. The number of hydrazone groups is 1. The number of carbonyl (C=O) groups excluding carboxylic acids is 1. The Labute approximate surface area is 137 Å². The number of hydrogen-bond donors (Lipinski definition) is 1. The summed E-state index contributed by atoms with van der Waals surface area (Å²) in [7, 11) is 1.51. The summed E-state index contributed by atoms with van der Waals surface area (Å²) in [6, 6.07) is 13.4. The molecule has 2 rings (SSSR count). The van der Waals surface area contributed by atoms with E-state index in [0.717, 1.165) is 0 Å². The smallest absolute Gasteiger partial charge is 0.269 e. The lowest BCUT2D eigenvalue weighted by Gasteiger charge is -2.03. The van der Waals surface area contributed by atoms with Crippen LogP contribution in [0.15, 0.2) is 53.6 Å². The molecule has 0 atom stereocenters. The molecule has 120 valence electrons. The quantitative estimate of drug-likeness (QED) is 0.378. The van der Waals surface area contributed by atoms with E-state index in [1.54, 1.807) is 18.2 Å². The van der Waals surface area contributed by atoms with Gasteiger partial charge in [0.25, 0.3) is 5.69 Å². The number of nitro groups is 1. The SMILES string of the molecule is COc1ccc(C(=O)/C(C#N)=N/Nc2ccc([N+](=O)[O-])cc2)cc1. The second-order valence-corrected chi connectivity index (χ2v) is 4.55. The Morgan fingerprint density at radius 1 is 1.21 bits per heavy atom. The standard InChI is InChI=1S/C16H12N4O4/c1-24-14-8-2-11(3-9-14)16(21)15(10-17)19-18-12-4-6-13(7-5-12)20(22)23/h2-9,18H,1H3/b19-15+. The molecule has 0 bridgehead atoms. The third-order valence-corrected chi connectivity index (χ3v) is 3.05. The number of nitriles is 1. The highest BCUT2D eigenvalue weighted by molar-refractivity contribution is 6.51. The predicted molar refractivity (Wildman–Crippen MR) is 87.1 cm³/mol. The van der Waals surface area contributed by atoms with Gasteiger partial charge in [-0.1, -0.05) is 0 Å². The number of nitrogens with zero attached hydrogens (tertiary/aromatic N) is 3. The molecule has 0 radical (unpaired) electrons. The van der Waals surface area contributed by atoms with E-state index < -0.39 is 10.7 Å². The van der Waals surface area contributed by atoms with Gasteiger partial charge in [-0.05, 0) is 36.4 Å². The van der Waals surface area contributed by atoms with Crippen molar-refractivity contribution >= 4 is 22.9 Å². The highest BCUT2D eigenvalue weighted by Crippen LogP contribution is 2.16. The summed E-state index contributed by atoms with van der Waals surface area (Å²) in [5.41, 5.74) is 2.83. The number of nitrogens with one attached hydrogen (secondary N) is 1. The van der Waals surface area contributed by atoms with Crippen LogP contribution in [0.1, 0.15) is 10.4 Å². The predicted octanol–water partition coefficient (Wildman–Crippen LogP) is 2.78. The topological polar surface area (TPSA) is 118 Å². The highest BCUT2D eigenvalue weighted by Gasteiger charge is 2.14. The molecule has 2 aromatic rings. The Hall–Kier alpha value is -3.73. The van der Waals surface area contributed by atoms with Gasteiger partial charge < -0.3 is 4.74 Å². The van der Waals surface area contributed by atoms with Crippen LogP contribution in [0.25, 0.3) is 0 Å². The molecular weight excluding hydrogens is 312 g/mol. The molecule has 0 unspecified atom stereocenters. The average Bonchev–Trinajstić information content (AvgIpc) is 2.62. The van der Waals surface area contributed by atoms with Crippen molar-refractivity contribution in [3.8, 4) is 11.8 Å². The summed E-state index contributed by atoms with van der Waals surface area (Å²) < 4.78 is 5.00. The molecule has 0 aromatic heterocycles. The van der Waals surface area contributed by atoms with Gasteiger partial charge in [0.1, 0.15) is 11.8 Å². The first-order valence-electron chi connectivity index (χ1n) is 6.72. The number of ether oxygens (including phenoxy) is 1. The lowest BCUT2D eigenvalue weighted by Crippen LogP contribution is -2.14. The average molecular weight is 324 g/mol. The number of hydrogen-bond acceptors (Lipinski definition) is 7. The summed E-state index contributed by atoms with van der Waals surface area (Å²) in [4.78, 5) is 22.3. The first-order valence-corrected chi connectivity index (χ1v) is 6.72. The van der Waals surface area contributed by atoms with Gasteiger partial charge in [-0.3, -0.25) is 20.3 Å². The van der Waals surface area contributed by atoms with Gasteiger partial charge in [0.15, 0.2) is 0 Å². The zero-order chi connectivity index (χ0) is 17.5. The van der Waals surface area contributed by atoms with E-state index in [4.69, 9.17) is 10.00 Å². The highest BCUT2D eigenvalue weighted by atomic mass is 16.6. The Kier molecular flexibility index (Phi) is 5.20. The molecule has 0 saturated carbocycles. The Balaban J connectivity index is 2.14. The van der Waals surface area contributed by atoms with Crippen LogP contribution in [0, 0.1) is 21.4 Å². The van der Waals surface area contributed by atoms with Gasteiger partial charge >= 0.3 is 0 Å². The van der Waals surface area contributed by atoms with Crippen molar-refractivity contribution < 1.29 is 14.5 Å². The molecule has 0 saturated heterocycles. The van der Waals surface area contributed by atoms with Crippen molar-refractivity contribution in [2.24, 2.45) is 5.10 Å². The van der Waals surface area contributed by atoms with E-state index >= 15 is 0 Å². The van der Waals surface area contributed by atoms with Crippen LogP contribution < -0.4 is 10.2 Å². The number of non-ortho nitro benzene ring substituents is 1. The van der Waals surface area contributed by atoms with Gasteiger partial charge in [0.2, 0.25) is 11.5 Å². The lowest BCUT2D eigenvalue weighted by molar-refractivity contribution is -0.384. The Bertz CT molecular complexity index is 821. The normalized spacial score (nSPS) is 10.6. The van der Waals surface area contributed by atoms with Crippen LogP contribution in [0.5, 0.6) is 5.75 Å². The van der Waals surface area contributed by atoms with E-state index in [9.17, 15) is 14.9 Å². The van der Waals surface area contributed by atoms with Crippen molar-refractivity contribution in [1.82, 2.24) is 0 Å². The maximum atomic E-state index is 12.2. The van der Waals surface area contributed by atoms with Crippen LogP contribution in [0.3, 0.4) is 0 Å². The number of nitro benzene ring substituents is 1. The fourth-order valence-corrected chi connectivity index (χ4v) is 1.78. The molecular formula is C16H12N4O4. The lowest BCUT2D eigenvalue weighted by atomic mass is 10.1. The molecule has 2 aromatic carbocycles. The van der Waals surface area contributed by atoms with Crippen molar-refractivity contribution in [3.63, 3.8) is 0 Å². The zero-order valence-electron chi connectivity index (χ0n) is 12.6. The van der Waals surface area contributed by atoms with Gasteiger partial charge in [0.05, 0.1) is 17.7 Å². The fraction of sp³-hybridized carbons (Fsp3) is 0.0625. The van der Waals surface area contributed by atoms with E-state index in [1.165, 1.54) is 43.5 Å². The van der Waals surface area contributed by atoms with E-state index in [-0.39, 0.29) is 11.4 Å². The summed E-state index contributed by atoms with van der Waals surface area (Å²) in [5, 5.41) is 23.4. The number of benzene rings is 2. The fourth-order valence-electron chi connectivity index (χ4n) is 1.78. The molecule has 1 N–H and O–H groups in total. The molecule has 0 spiro atoms. The summed E-state index contributed by atoms with van der Waals surface area (Å²) in [6.45, 7) is 0. The van der Waals surface area contributed by atoms with E-state index in [2.05, 4.69) is 10.5 Å². The molecule has 0 aliphatic rings. The van der Waals surface area contributed by atoms with Crippen LogP contribution in [-0.4, -0.2) is 23.5 Å². The van der Waals surface area contributed by atoms with Crippen LogP contribution in [-0.2, 0) is 0 Å². The van der Waals surface area contributed by atoms with Gasteiger partial charge in [-0.25, -0.2) is 0 Å². The summed E-state index contributed by atoms with van der Waals surface area (Å²) in [6.07, 6.45) is 0. The van der Waals surface area contributed by atoms with Crippen molar-refractivity contribution in [1.29, 1.82) is 5.26 Å². The van der Waals surface area contributed by atoms with Gasteiger partial charge in [0, 0.05) is 17.7 Å². The number of Topliss-reactive ketones (excluding diaryl/α,β-unsaturated/α-hetero) is 1. The van der Waals surface area contributed by atoms with Crippen molar-refractivity contribution in [2.45, 2.75) is 0 Å². The third kappa shape index (κ3) is 3.92. The molecule has 8 nitrogen and oxygen atoms in total. The van der Waals surface area contributed by atoms with Crippen molar-refractivity contribution in [2.75, 3.05) is 12.5 Å². The van der Waals surface area contributed by atoms with Crippen LogP contribution in [0.4, 0.5) is 11.4 Å². The van der Waals surface area contributed by atoms with Crippen LogP contribution >= 0.6 is 0 Å². The van der Waals surface area contributed by atoms with Crippen LogP contribution in [0.2, 0.25) is 0 Å². The minimum Gasteiger partial charge on any atom is -0.497 e. The second kappa shape index (κ2) is 7.51. The summed E-state index contributed by atoms with van der Waals surface area (Å²) >= 11 is 0. The minimum atomic E-state index is -0.547. The molecule has 8 heteroatoms. The molecule has 0 fully saturated rings. The number of carbonyl (C=O) groups is 1. The molecule has 0 amide bonds. The Morgan fingerprint density at radius 3 is 2.33 bits per heavy atom. The van der Waals surface area contributed by atoms with E-state index in [0.29, 0.717) is 17.0 Å². The Morgan fingerprint density at radius 2 is 1.83 bits per heavy atom. The maximum Gasteiger partial charge on any atom is 0.269 e.